The number of benzene rings is 3. The van der Waals surface area contributed by atoms with Gasteiger partial charge in [0.1, 0.15) is 22.8 Å². The minimum atomic E-state index is -2.07. The summed E-state index contributed by atoms with van der Waals surface area (Å²) in [5.41, 5.74) is -2.81. The van der Waals surface area contributed by atoms with E-state index in [1.807, 2.05) is 0 Å². The Bertz CT molecular complexity index is 1860. The number of nitro groups is 1. The lowest BCUT2D eigenvalue weighted by Gasteiger charge is -2.43. The predicted molar refractivity (Wildman–Crippen MR) is 166 cm³/mol. The molecule has 1 heterocycles. The lowest BCUT2D eigenvalue weighted by Crippen LogP contribution is -2.54. The van der Waals surface area contributed by atoms with Crippen LogP contribution in [0.5, 0.6) is 17.2 Å². The summed E-state index contributed by atoms with van der Waals surface area (Å²) in [5.74, 6) is -3.39. The number of Topliss-reactive ketones (excluding diaryl/α,β-unsaturated/α-hetero) is 1. The van der Waals surface area contributed by atoms with Crippen LogP contribution in [0.1, 0.15) is 81.3 Å². The van der Waals surface area contributed by atoms with Crippen LogP contribution in [0, 0.1) is 10.1 Å². The van der Waals surface area contributed by atoms with E-state index in [0.29, 0.717) is 5.56 Å². The Labute approximate surface area is 274 Å². The molecule has 2 aliphatic carbocycles. The average molecular weight is 663 g/mol. The van der Waals surface area contributed by atoms with Gasteiger partial charge in [-0.25, -0.2) is 0 Å². The Kier molecular flexibility index (Phi) is 8.56. The summed E-state index contributed by atoms with van der Waals surface area (Å²) in [6.07, 6.45) is -5.02. The number of aromatic hydroxyl groups is 2. The molecule has 0 spiro atoms. The van der Waals surface area contributed by atoms with Gasteiger partial charge in [0, 0.05) is 60.7 Å². The number of aliphatic hydroxyl groups is 2. The van der Waals surface area contributed by atoms with Crippen LogP contribution in [0.3, 0.4) is 0 Å². The summed E-state index contributed by atoms with van der Waals surface area (Å²) in [6, 6.07) is 9.78. The third-order valence-corrected chi connectivity index (χ3v) is 9.44. The van der Waals surface area contributed by atoms with Gasteiger partial charge in [-0.2, -0.15) is 0 Å². The van der Waals surface area contributed by atoms with E-state index in [-0.39, 0.29) is 53.1 Å². The van der Waals surface area contributed by atoms with Crippen molar-refractivity contribution in [3.8, 4) is 17.2 Å². The summed E-state index contributed by atoms with van der Waals surface area (Å²) in [5, 5.41) is 59.9. The number of hydrogen-bond acceptors (Lipinski definition) is 13. The number of non-ortho nitro benzene ring substituents is 1. The van der Waals surface area contributed by atoms with Crippen LogP contribution in [0.2, 0.25) is 0 Å². The molecule has 6 atom stereocenters. The summed E-state index contributed by atoms with van der Waals surface area (Å²) in [7, 11) is 1.33. The van der Waals surface area contributed by atoms with Crippen molar-refractivity contribution in [3.63, 3.8) is 0 Å². The molecular weight excluding hydrogens is 628 g/mol. The molecule has 0 saturated carbocycles. The zero-order valence-electron chi connectivity index (χ0n) is 26.3. The lowest BCUT2D eigenvalue weighted by atomic mass is 9.72. The number of rotatable bonds is 8. The van der Waals surface area contributed by atoms with Gasteiger partial charge in [-0.15, -0.1) is 0 Å². The number of ketones is 3. The van der Waals surface area contributed by atoms with Crippen molar-refractivity contribution in [1.29, 1.82) is 0 Å². The Morgan fingerprint density at radius 2 is 1.81 bits per heavy atom. The molecule has 1 saturated heterocycles. The van der Waals surface area contributed by atoms with Crippen molar-refractivity contribution in [2.45, 2.75) is 75.9 Å². The first-order chi connectivity index (χ1) is 22.7. The lowest BCUT2D eigenvalue weighted by molar-refractivity contribution is -0.384. The maximum atomic E-state index is 13.8. The van der Waals surface area contributed by atoms with Crippen LogP contribution in [-0.2, 0) is 27.2 Å². The van der Waals surface area contributed by atoms with Gasteiger partial charge in [0.05, 0.1) is 47.0 Å². The molecule has 3 aromatic carbocycles. The van der Waals surface area contributed by atoms with E-state index in [2.05, 4.69) is 5.32 Å². The second kappa shape index (κ2) is 12.4. The van der Waals surface area contributed by atoms with Crippen molar-refractivity contribution in [1.82, 2.24) is 5.32 Å². The Morgan fingerprint density at radius 3 is 2.50 bits per heavy atom. The van der Waals surface area contributed by atoms with Crippen LogP contribution >= 0.6 is 0 Å². The molecule has 5 N–H and O–H groups in total. The molecule has 14 heteroatoms. The van der Waals surface area contributed by atoms with E-state index in [0.717, 1.165) is 6.92 Å². The fourth-order valence-electron chi connectivity index (χ4n) is 6.86. The van der Waals surface area contributed by atoms with E-state index >= 15 is 0 Å². The third kappa shape index (κ3) is 5.50. The van der Waals surface area contributed by atoms with E-state index in [1.54, 1.807) is 19.1 Å². The summed E-state index contributed by atoms with van der Waals surface area (Å²) >= 11 is 0. The van der Waals surface area contributed by atoms with Crippen LogP contribution < -0.4 is 10.1 Å². The highest BCUT2D eigenvalue weighted by molar-refractivity contribution is 6.31. The van der Waals surface area contributed by atoms with Crippen molar-refractivity contribution < 1.29 is 53.9 Å². The molecule has 6 rings (SSSR count). The van der Waals surface area contributed by atoms with Gasteiger partial charge in [0.25, 0.3) is 5.69 Å². The summed E-state index contributed by atoms with van der Waals surface area (Å²) < 4.78 is 17.5. The Hall–Kier alpha value is -4.73. The number of nitrogens with one attached hydrogen (secondary N) is 1. The highest BCUT2D eigenvalue weighted by Crippen LogP contribution is 2.52. The minimum Gasteiger partial charge on any atom is -0.507 e. The Balaban J connectivity index is 1.36. The minimum absolute atomic E-state index is 0.0322. The smallest absolute Gasteiger partial charge is 0.269 e. The normalized spacial score (nSPS) is 26.3. The van der Waals surface area contributed by atoms with E-state index in [4.69, 9.17) is 14.2 Å². The van der Waals surface area contributed by atoms with Gasteiger partial charge in [-0.05, 0) is 25.5 Å². The predicted octanol–water partition coefficient (Wildman–Crippen LogP) is 2.77. The van der Waals surface area contributed by atoms with Gasteiger partial charge < -0.3 is 40.0 Å². The molecule has 252 valence electrons. The highest BCUT2D eigenvalue weighted by Gasteiger charge is 2.49. The van der Waals surface area contributed by atoms with Crippen LogP contribution in [0.4, 0.5) is 5.69 Å². The molecule has 3 aliphatic rings. The number of phenols is 2. The molecule has 0 unspecified atom stereocenters. The molecule has 48 heavy (non-hydrogen) atoms. The molecule has 3 aromatic rings. The third-order valence-electron chi connectivity index (χ3n) is 9.44. The van der Waals surface area contributed by atoms with Gasteiger partial charge >= 0.3 is 0 Å². The largest absolute Gasteiger partial charge is 0.507 e. The van der Waals surface area contributed by atoms with Crippen LogP contribution in [0.15, 0.2) is 42.5 Å². The number of carbonyl (C=O) groups is 3. The SMILES string of the molecule is COc1cccc2c1C(=O)c1c(O)c3c(c(O)c1C2=O)C[C@@](O)(C(C)=O)C[C@@H]3O[C@H]1C[C@H](NCc2cccc([N+](=O)[O-])c2)[C@H](O)[C@H](C)O1. The molecule has 0 amide bonds. The zero-order chi connectivity index (χ0) is 34.7. The number of ether oxygens (including phenoxy) is 3. The summed E-state index contributed by atoms with van der Waals surface area (Å²) in [4.78, 5) is 50.9. The standard InChI is InChI=1S/C34H34N2O12/c1-15-29(38)21(35-14-17-6-4-7-18(10-17)36(44)45)11-24(47-15)48-23-13-34(43,16(2)37)12-20-26(23)33(42)28-27(31(20)40)30(39)19-8-5-9-22(46-3)25(19)32(28)41/h4-10,15,21,23-24,29,35,38,40,42-43H,11-14H2,1-3H3/t15-,21-,23-,24-,29+,34-/m0/s1. The molecule has 14 nitrogen and oxygen atoms in total. The number of phenolic OH excluding ortho intramolecular Hbond substituents is 2. The molecular formula is C34H34N2O12. The fourth-order valence-corrected chi connectivity index (χ4v) is 6.86. The monoisotopic (exact) mass is 662 g/mol. The van der Waals surface area contributed by atoms with E-state index < -0.39 is 87.6 Å². The first-order valence-electron chi connectivity index (χ1n) is 15.3. The van der Waals surface area contributed by atoms with Gasteiger partial charge in [-0.1, -0.05) is 24.3 Å². The van der Waals surface area contributed by atoms with Gasteiger partial charge in [0.2, 0.25) is 5.78 Å². The quantitative estimate of drug-likeness (QED) is 0.104. The number of hydrogen-bond donors (Lipinski definition) is 5. The van der Waals surface area contributed by atoms with Crippen LogP contribution in [-0.4, -0.2) is 79.9 Å². The topological polar surface area (TPSA) is 215 Å². The number of carbonyl (C=O) groups excluding carboxylic acids is 3. The maximum absolute atomic E-state index is 13.8. The zero-order valence-corrected chi connectivity index (χ0v) is 26.3. The van der Waals surface area contributed by atoms with Gasteiger partial charge in [-0.3, -0.25) is 24.5 Å². The van der Waals surface area contributed by atoms with E-state index in [9.17, 15) is 44.9 Å². The molecule has 0 bridgehead atoms. The molecule has 1 fully saturated rings. The Morgan fingerprint density at radius 1 is 1.10 bits per heavy atom. The molecule has 1 aliphatic heterocycles. The molecule has 0 aromatic heterocycles. The van der Waals surface area contributed by atoms with Gasteiger partial charge in [0.15, 0.2) is 17.9 Å². The van der Waals surface area contributed by atoms with Crippen LogP contribution in [0.25, 0.3) is 0 Å². The summed E-state index contributed by atoms with van der Waals surface area (Å²) in [6.45, 7) is 2.94. The van der Waals surface area contributed by atoms with Crippen molar-refractivity contribution in [2.24, 2.45) is 0 Å². The number of nitro benzene ring substituents is 1. The second-order valence-electron chi connectivity index (χ2n) is 12.4. The van der Waals surface area contributed by atoms with Crippen molar-refractivity contribution in [3.05, 3.63) is 91.5 Å². The number of aliphatic hydroxyl groups excluding tert-OH is 1. The highest BCUT2D eigenvalue weighted by atomic mass is 16.7. The van der Waals surface area contributed by atoms with E-state index in [1.165, 1.54) is 37.4 Å². The number of methoxy groups -OCH3 is 1. The maximum Gasteiger partial charge on any atom is 0.269 e. The van der Waals surface area contributed by atoms with Crippen molar-refractivity contribution in [2.75, 3.05) is 7.11 Å². The fraction of sp³-hybridized carbons (Fsp3) is 0.382. The number of nitrogens with zero attached hydrogens (tertiary/aromatic N) is 1. The van der Waals surface area contributed by atoms with Crippen molar-refractivity contribution >= 4 is 23.0 Å². The first kappa shape index (κ1) is 33.2. The second-order valence-corrected chi connectivity index (χ2v) is 12.4. The first-order valence-corrected chi connectivity index (χ1v) is 15.3. The number of fused-ring (bicyclic) bond motifs is 3. The molecule has 0 radical (unpaired) electrons. The average Bonchev–Trinajstić information content (AvgIpc) is 3.05.